The molecule has 0 aliphatic rings. The zero-order chi connectivity index (χ0) is 16.9. The van der Waals surface area contributed by atoms with E-state index in [1.54, 1.807) is 29.7 Å². The maximum absolute atomic E-state index is 10.6. The fraction of sp³-hybridized carbons (Fsp3) is 0.176. The Kier molecular flexibility index (Phi) is 4.81. The Bertz CT molecular complexity index is 872. The number of aliphatic imine (C=N–C) groups is 1. The lowest BCUT2D eigenvalue weighted by molar-refractivity contribution is -0.139. The fourth-order valence-electron chi connectivity index (χ4n) is 2.10. The van der Waals surface area contributed by atoms with Gasteiger partial charge in [-0.1, -0.05) is 12.1 Å². The molecule has 0 unspecified atom stereocenters. The van der Waals surface area contributed by atoms with Crippen molar-refractivity contribution in [2.24, 2.45) is 4.99 Å². The van der Waals surface area contributed by atoms with Crippen LogP contribution in [0.2, 0.25) is 0 Å². The quantitative estimate of drug-likeness (QED) is 0.696. The highest BCUT2D eigenvalue weighted by Gasteiger charge is 2.06. The van der Waals surface area contributed by atoms with E-state index in [2.05, 4.69) is 15.0 Å². The van der Waals surface area contributed by atoms with Crippen LogP contribution in [-0.2, 0) is 11.3 Å². The molecule has 0 radical (unpaired) electrons. The van der Waals surface area contributed by atoms with Gasteiger partial charge >= 0.3 is 5.97 Å². The third kappa shape index (κ3) is 3.94. The molecule has 1 N–H and O–H groups in total. The van der Waals surface area contributed by atoms with Gasteiger partial charge in [-0.3, -0.25) is 9.98 Å². The molecule has 0 atom stereocenters. The number of benzene rings is 1. The maximum atomic E-state index is 10.6. The summed E-state index contributed by atoms with van der Waals surface area (Å²) in [4.78, 5) is 23.9. The molecule has 0 amide bonds. The smallest absolute Gasteiger partial charge is 0.341 e. The number of fused-ring (bicyclic) bond motifs is 1. The van der Waals surface area contributed by atoms with Crippen LogP contribution in [0.3, 0.4) is 0 Å². The van der Waals surface area contributed by atoms with E-state index in [9.17, 15) is 4.79 Å². The van der Waals surface area contributed by atoms with Crippen LogP contribution in [0.25, 0.3) is 10.2 Å². The van der Waals surface area contributed by atoms with Gasteiger partial charge in [0.15, 0.2) is 6.61 Å². The Morgan fingerprint density at radius 3 is 2.96 bits per heavy atom. The Morgan fingerprint density at radius 1 is 1.33 bits per heavy atom. The first kappa shape index (κ1) is 16.1. The molecular weight excluding hydrogens is 326 g/mol. The molecule has 3 rings (SSSR count). The largest absolute Gasteiger partial charge is 0.482 e. The summed E-state index contributed by atoms with van der Waals surface area (Å²) in [6.45, 7) is 1.95. The highest BCUT2D eigenvalue weighted by molar-refractivity contribution is 7.18. The number of carboxylic acid groups (broad SMARTS) is 1. The lowest BCUT2D eigenvalue weighted by Crippen LogP contribution is -2.10. The van der Waals surface area contributed by atoms with Gasteiger partial charge in [0, 0.05) is 12.3 Å². The molecule has 0 fully saturated rings. The zero-order valence-corrected chi connectivity index (χ0v) is 13.8. The Labute approximate surface area is 142 Å². The summed E-state index contributed by atoms with van der Waals surface area (Å²) in [5, 5.41) is 9.59. The van der Waals surface area contributed by atoms with Crippen LogP contribution in [0.1, 0.15) is 17.6 Å². The number of nitrogens with zero attached hydrogens (tertiary/aromatic N) is 3. The topological polar surface area (TPSA) is 84.7 Å². The molecule has 122 valence electrons. The van der Waals surface area contributed by atoms with Gasteiger partial charge in [-0.2, -0.15) is 0 Å². The maximum Gasteiger partial charge on any atom is 0.341 e. The van der Waals surface area contributed by atoms with Crippen LogP contribution >= 0.6 is 11.3 Å². The van der Waals surface area contributed by atoms with Crippen LogP contribution in [-0.4, -0.2) is 33.4 Å². The molecule has 0 bridgehead atoms. The summed E-state index contributed by atoms with van der Waals surface area (Å²) in [7, 11) is 0. The molecule has 0 saturated carbocycles. The van der Waals surface area contributed by atoms with E-state index in [0.717, 1.165) is 20.9 Å². The zero-order valence-electron chi connectivity index (χ0n) is 13.0. The van der Waals surface area contributed by atoms with E-state index >= 15 is 0 Å². The standard InChI is InChI=1S/C17H15N3O3S/c1-11(14-8-12(6-7-18-14)23-10-17(21)22)19-9-16-20-13-4-2-3-5-15(13)24-16/h2-8H,9-10H2,1H3,(H,21,22). The molecule has 0 spiro atoms. The molecule has 2 aromatic heterocycles. The van der Waals surface area contributed by atoms with Gasteiger partial charge < -0.3 is 9.84 Å². The van der Waals surface area contributed by atoms with E-state index in [4.69, 9.17) is 9.84 Å². The van der Waals surface area contributed by atoms with Crippen molar-refractivity contribution >= 4 is 33.2 Å². The van der Waals surface area contributed by atoms with Crippen molar-refractivity contribution in [1.29, 1.82) is 0 Å². The van der Waals surface area contributed by atoms with Crippen molar-refractivity contribution < 1.29 is 14.6 Å². The first-order valence-corrected chi connectivity index (χ1v) is 8.10. The van der Waals surface area contributed by atoms with Crippen molar-refractivity contribution in [2.45, 2.75) is 13.5 Å². The minimum absolute atomic E-state index is 0.384. The summed E-state index contributed by atoms with van der Waals surface area (Å²) in [5.74, 6) is -0.563. The van der Waals surface area contributed by atoms with Crippen LogP contribution < -0.4 is 4.74 Å². The lowest BCUT2D eigenvalue weighted by Gasteiger charge is -2.05. The molecule has 6 nitrogen and oxygen atoms in total. The Hall–Kier alpha value is -2.80. The molecule has 24 heavy (non-hydrogen) atoms. The number of para-hydroxylation sites is 1. The van der Waals surface area contributed by atoms with Crippen molar-refractivity contribution in [2.75, 3.05) is 6.61 Å². The summed E-state index contributed by atoms with van der Waals surface area (Å²) in [6.07, 6.45) is 1.57. The molecule has 0 aliphatic heterocycles. The van der Waals surface area contributed by atoms with Crippen molar-refractivity contribution in [3.05, 3.63) is 53.3 Å². The highest BCUT2D eigenvalue weighted by Crippen LogP contribution is 2.22. The van der Waals surface area contributed by atoms with Crippen molar-refractivity contribution in [3.8, 4) is 5.75 Å². The molecule has 3 aromatic rings. The number of carbonyl (C=O) groups is 1. The number of hydrogen-bond acceptors (Lipinski definition) is 6. The number of aromatic nitrogens is 2. The van der Waals surface area contributed by atoms with E-state index in [-0.39, 0.29) is 6.61 Å². The van der Waals surface area contributed by atoms with Crippen LogP contribution in [0.15, 0.2) is 47.6 Å². The third-order valence-corrected chi connectivity index (χ3v) is 4.28. The van der Waals surface area contributed by atoms with Gasteiger partial charge in [-0.25, -0.2) is 9.78 Å². The van der Waals surface area contributed by atoms with Crippen LogP contribution in [0.4, 0.5) is 0 Å². The predicted octanol–water partition coefficient (Wildman–Crippen LogP) is 3.16. The average molecular weight is 341 g/mol. The molecular formula is C17H15N3O3S. The number of ether oxygens (including phenoxy) is 1. The number of carboxylic acids is 1. The van der Waals surface area contributed by atoms with Gasteiger partial charge in [0.2, 0.25) is 0 Å². The molecule has 2 heterocycles. The minimum Gasteiger partial charge on any atom is -0.482 e. The molecule has 0 saturated heterocycles. The number of aliphatic carboxylic acids is 1. The second-order valence-electron chi connectivity index (χ2n) is 5.04. The van der Waals surface area contributed by atoms with Crippen molar-refractivity contribution in [3.63, 3.8) is 0 Å². The van der Waals surface area contributed by atoms with E-state index in [0.29, 0.717) is 18.0 Å². The van der Waals surface area contributed by atoms with E-state index in [1.165, 1.54) is 0 Å². The SMILES string of the molecule is CC(=NCc1nc2ccccc2s1)c1cc(OCC(=O)O)ccn1. The Balaban J connectivity index is 1.73. The second kappa shape index (κ2) is 7.18. The number of rotatable bonds is 6. The lowest BCUT2D eigenvalue weighted by atomic mass is 10.2. The van der Waals surface area contributed by atoms with Crippen LogP contribution in [0.5, 0.6) is 5.75 Å². The van der Waals surface area contributed by atoms with E-state index < -0.39 is 5.97 Å². The number of hydrogen-bond donors (Lipinski definition) is 1. The summed E-state index contributed by atoms with van der Waals surface area (Å²) >= 11 is 1.62. The molecule has 0 aliphatic carbocycles. The van der Waals surface area contributed by atoms with Gasteiger partial charge in [-0.15, -0.1) is 11.3 Å². The predicted molar refractivity (Wildman–Crippen MR) is 92.9 cm³/mol. The minimum atomic E-state index is -1.02. The van der Waals surface area contributed by atoms with Gasteiger partial charge in [0.25, 0.3) is 0 Å². The average Bonchev–Trinajstić information content (AvgIpc) is 3.01. The first-order valence-electron chi connectivity index (χ1n) is 7.28. The first-order chi connectivity index (χ1) is 11.6. The third-order valence-electron chi connectivity index (χ3n) is 3.25. The van der Waals surface area contributed by atoms with Gasteiger partial charge in [0.05, 0.1) is 28.2 Å². The van der Waals surface area contributed by atoms with Gasteiger partial charge in [-0.05, 0) is 25.1 Å². The molecule has 1 aromatic carbocycles. The van der Waals surface area contributed by atoms with Gasteiger partial charge in [0.1, 0.15) is 10.8 Å². The summed E-state index contributed by atoms with van der Waals surface area (Å²) in [6, 6.07) is 11.3. The van der Waals surface area contributed by atoms with E-state index in [1.807, 2.05) is 31.2 Å². The van der Waals surface area contributed by atoms with Crippen LogP contribution in [0, 0.1) is 0 Å². The summed E-state index contributed by atoms with van der Waals surface area (Å²) < 4.78 is 6.30. The monoisotopic (exact) mass is 341 g/mol. The normalized spacial score (nSPS) is 11.6. The van der Waals surface area contributed by atoms with Crippen molar-refractivity contribution in [1.82, 2.24) is 9.97 Å². The Morgan fingerprint density at radius 2 is 2.17 bits per heavy atom. The number of pyridine rings is 1. The fourth-order valence-corrected chi connectivity index (χ4v) is 2.99. The highest BCUT2D eigenvalue weighted by atomic mass is 32.1. The summed E-state index contributed by atoms with van der Waals surface area (Å²) in [5.41, 5.74) is 2.38. The number of thiazole rings is 1. The second-order valence-corrected chi connectivity index (χ2v) is 6.15. The molecule has 7 heteroatoms.